The second-order valence-corrected chi connectivity index (χ2v) is 7.65. The van der Waals surface area contributed by atoms with E-state index in [9.17, 15) is 14.7 Å². The number of carbonyl (C=O) groups is 2. The molecular weight excluding hydrogens is 446 g/mol. The van der Waals surface area contributed by atoms with Crippen LogP contribution in [0, 0.1) is 0 Å². The van der Waals surface area contributed by atoms with E-state index in [4.69, 9.17) is 18.9 Å². The number of nitrogens with zero attached hydrogens (tertiary/aromatic N) is 1. The summed E-state index contributed by atoms with van der Waals surface area (Å²) in [6.45, 7) is 1.76. The average molecular weight is 470 g/mol. The van der Waals surface area contributed by atoms with Crippen molar-refractivity contribution < 1.29 is 33.6 Å². The van der Waals surface area contributed by atoms with Crippen LogP contribution >= 0.6 is 11.8 Å². The zero-order chi connectivity index (χ0) is 24.0. The fraction of sp³-hybridized carbons (Fsp3) is 0.208. The Bertz CT molecular complexity index is 1150. The smallest absolute Gasteiger partial charge is 0.344 e. The Morgan fingerprint density at radius 3 is 2.30 bits per heavy atom. The van der Waals surface area contributed by atoms with E-state index in [0.29, 0.717) is 33.3 Å². The number of thioether (sulfide) groups is 1. The molecule has 8 nitrogen and oxygen atoms in total. The van der Waals surface area contributed by atoms with E-state index in [1.165, 1.54) is 21.3 Å². The van der Waals surface area contributed by atoms with E-state index in [-0.39, 0.29) is 23.0 Å². The van der Waals surface area contributed by atoms with E-state index >= 15 is 0 Å². The van der Waals surface area contributed by atoms with Gasteiger partial charge in [-0.2, -0.15) is 0 Å². The Balaban J connectivity index is 1.99. The van der Waals surface area contributed by atoms with E-state index in [0.717, 1.165) is 11.8 Å². The minimum Gasteiger partial charge on any atom is -0.506 e. The number of hydrogen-bond donors (Lipinski definition) is 1. The predicted molar refractivity (Wildman–Crippen MR) is 126 cm³/mol. The maximum atomic E-state index is 12.7. The largest absolute Gasteiger partial charge is 0.506 e. The van der Waals surface area contributed by atoms with Crippen molar-refractivity contribution in [1.82, 2.24) is 0 Å². The minimum atomic E-state index is -0.764. The second kappa shape index (κ2) is 10.7. The van der Waals surface area contributed by atoms with Crippen LogP contribution < -0.4 is 14.2 Å². The zero-order valence-corrected chi connectivity index (χ0v) is 19.4. The fourth-order valence-corrected chi connectivity index (χ4v) is 3.99. The Kier molecular flexibility index (Phi) is 7.78. The molecule has 172 valence electrons. The molecular formula is C24H23NO7S. The number of carbonyl (C=O) groups excluding carboxylic acids is 2. The third-order valence-electron chi connectivity index (χ3n) is 4.62. The van der Waals surface area contributed by atoms with Gasteiger partial charge in [-0.15, -0.1) is 0 Å². The van der Waals surface area contributed by atoms with E-state index in [1.807, 2.05) is 0 Å². The highest BCUT2D eigenvalue weighted by Crippen LogP contribution is 2.40. The van der Waals surface area contributed by atoms with Crippen LogP contribution in [0.1, 0.15) is 22.8 Å². The van der Waals surface area contributed by atoms with Crippen molar-refractivity contribution in [2.24, 2.45) is 4.99 Å². The zero-order valence-electron chi connectivity index (χ0n) is 18.6. The topological polar surface area (TPSA) is 104 Å². The summed E-state index contributed by atoms with van der Waals surface area (Å²) in [6.07, 6.45) is 1.65. The van der Waals surface area contributed by atoms with Crippen molar-refractivity contribution in [3.63, 3.8) is 0 Å². The molecule has 0 saturated heterocycles. The molecule has 1 aliphatic heterocycles. The van der Waals surface area contributed by atoms with Gasteiger partial charge in [-0.05, 0) is 55.0 Å². The minimum absolute atomic E-state index is 0.0542. The van der Waals surface area contributed by atoms with E-state index in [1.54, 1.807) is 55.5 Å². The quantitative estimate of drug-likeness (QED) is 0.595. The highest BCUT2D eigenvalue weighted by molar-refractivity contribution is 8.18. The number of benzene rings is 2. The van der Waals surface area contributed by atoms with E-state index < -0.39 is 11.9 Å². The summed E-state index contributed by atoms with van der Waals surface area (Å²) < 4.78 is 20.7. The summed E-state index contributed by atoms with van der Waals surface area (Å²) >= 11 is 0.999. The maximum absolute atomic E-state index is 12.7. The molecule has 1 amide bonds. The number of aliphatic hydroxyl groups is 1. The van der Waals surface area contributed by atoms with Crippen LogP contribution in [0.4, 0.5) is 0 Å². The van der Waals surface area contributed by atoms with Crippen LogP contribution in [0.25, 0.3) is 6.08 Å². The molecule has 33 heavy (non-hydrogen) atoms. The molecule has 0 aliphatic carbocycles. The van der Waals surface area contributed by atoms with Gasteiger partial charge in [0.1, 0.15) is 22.1 Å². The fourth-order valence-electron chi connectivity index (χ4n) is 2.98. The molecule has 9 heteroatoms. The molecule has 0 fully saturated rings. The van der Waals surface area contributed by atoms with Gasteiger partial charge in [0.15, 0.2) is 11.5 Å². The first-order chi connectivity index (χ1) is 15.9. The average Bonchev–Trinajstić information content (AvgIpc) is 3.13. The third kappa shape index (κ3) is 5.38. The van der Waals surface area contributed by atoms with Gasteiger partial charge in [-0.3, -0.25) is 4.79 Å². The maximum Gasteiger partial charge on any atom is 0.344 e. The van der Waals surface area contributed by atoms with Crippen LogP contribution in [0.3, 0.4) is 0 Å². The van der Waals surface area contributed by atoms with Gasteiger partial charge in [-0.25, -0.2) is 9.79 Å². The van der Waals surface area contributed by atoms with Gasteiger partial charge < -0.3 is 24.1 Å². The Morgan fingerprint density at radius 1 is 1.00 bits per heavy atom. The molecule has 1 heterocycles. The van der Waals surface area contributed by atoms with Crippen molar-refractivity contribution >= 4 is 34.8 Å². The number of rotatable bonds is 7. The number of hydrogen-bond acceptors (Lipinski definition) is 8. The summed E-state index contributed by atoms with van der Waals surface area (Å²) in [5.41, 5.74) is 0.840. The Hall–Kier alpha value is -3.72. The van der Waals surface area contributed by atoms with Crippen molar-refractivity contribution in [3.8, 4) is 17.2 Å². The molecule has 1 N–H and O–H groups in total. The lowest BCUT2D eigenvalue weighted by Crippen LogP contribution is -2.14. The number of ether oxygens (including phenoxy) is 4. The Morgan fingerprint density at radius 2 is 1.70 bits per heavy atom. The van der Waals surface area contributed by atoms with Gasteiger partial charge in [0.25, 0.3) is 5.91 Å². The number of aliphatic imine (C=N–C) groups is 1. The standard InChI is InChI=1S/C24H23NO7S/c1-5-32-24(28)20-21(26)19(13-14-6-11-17(30-3)18(12-14)31-4)33-23(20)25-22(27)15-7-9-16(29-2)10-8-15/h6-13,26H,5H2,1-4H3/b19-13-,25-23?. The van der Waals surface area contributed by atoms with Crippen LogP contribution in [0.5, 0.6) is 17.2 Å². The van der Waals surface area contributed by atoms with Crippen molar-refractivity contribution in [3.05, 3.63) is 69.8 Å². The summed E-state index contributed by atoms with van der Waals surface area (Å²) in [4.78, 5) is 29.7. The number of methoxy groups -OCH3 is 3. The van der Waals surface area contributed by atoms with Gasteiger partial charge in [-0.1, -0.05) is 17.8 Å². The number of aliphatic hydroxyl groups excluding tert-OH is 1. The number of amides is 1. The van der Waals surface area contributed by atoms with Gasteiger partial charge in [0, 0.05) is 5.56 Å². The normalized spacial score (nSPS) is 15.6. The monoisotopic (exact) mass is 469 g/mol. The lowest BCUT2D eigenvalue weighted by Gasteiger charge is -2.08. The molecule has 2 aromatic carbocycles. The molecule has 0 spiro atoms. The lowest BCUT2D eigenvalue weighted by molar-refractivity contribution is -0.138. The van der Waals surface area contributed by atoms with Crippen LogP contribution in [-0.4, -0.2) is 50.0 Å². The molecule has 0 saturated carbocycles. The summed E-state index contributed by atoms with van der Waals surface area (Å²) in [7, 11) is 4.58. The molecule has 0 unspecified atom stereocenters. The highest BCUT2D eigenvalue weighted by atomic mass is 32.2. The van der Waals surface area contributed by atoms with E-state index in [2.05, 4.69) is 4.99 Å². The van der Waals surface area contributed by atoms with Crippen molar-refractivity contribution in [1.29, 1.82) is 0 Å². The van der Waals surface area contributed by atoms with Gasteiger partial charge in [0.05, 0.1) is 32.8 Å². The Labute approximate surface area is 195 Å². The van der Waals surface area contributed by atoms with Crippen LogP contribution in [-0.2, 0) is 9.53 Å². The molecule has 0 bridgehead atoms. The molecule has 3 rings (SSSR count). The third-order valence-corrected chi connectivity index (χ3v) is 5.64. The van der Waals surface area contributed by atoms with Crippen LogP contribution in [0.15, 0.2) is 63.7 Å². The molecule has 0 atom stereocenters. The van der Waals surface area contributed by atoms with Gasteiger partial charge >= 0.3 is 5.97 Å². The van der Waals surface area contributed by atoms with Crippen LogP contribution in [0.2, 0.25) is 0 Å². The first kappa shape index (κ1) is 23.9. The lowest BCUT2D eigenvalue weighted by atomic mass is 10.1. The molecule has 1 aliphatic rings. The summed E-state index contributed by atoms with van der Waals surface area (Å²) in [5.74, 6) is 0.0148. The number of esters is 1. The molecule has 2 aromatic rings. The second-order valence-electron chi connectivity index (χ2n) is 6.62. The molecule has 0 aromatic heterocycles. The summed E-state index contributed by atoms with van der Waals surface area (Å²) in [6, 6.07) is 11.6. The first-order valence-electron chi connectivity index (χ1n) is 9.91. The first-order valence-corrected chi connectivity index (χ1v) is 10.7. The van der Waals surface area contributed by atoms with Crippen molar-refractivity contribution in [2.45, 2.75) is 6.92 Å². The highest BCUT2D eigenvalue weighted by Gasteiger charge is 2.34. The SMILES string of the molecule is CCOC(=O)C1=C(O)/C(=C/c2ccc(OC)c(OC)c2)SC1=NC(=O)c1ccc(OC)cc1. The van der Waals surface area contributed by atoms with Crippen molar-refractivity contribution in [2.75, 3.05) is 27.9 Å². The van der Waals surface area contributed by atoms with Gasteiger partial charge in [0.2, 0.25) is 0 Å². The molecule has 0 radical (unpaired) electrons. The predicted octanol–water partition coefficient (Wildman–Crippen LogP) is 4.41. The summed E-state index contributed by atoms with van der Waals surface area (Å²) in [5, 5.41) is 10.8.